The van der Waals surface area contributed by atoms with Gasteiger partial charge in [-0.25, -0.2) is 5.43 Å². The van der Waals surface area contributed by atoms with Crippen molar-refractivity contribution in [3.8, 4) is 17.2 Å². The number of hydrogen-bond donors (Lipinski definition) is 2. The standard InChI is InChI=1S/C18H16Cl2N2O4/c1-3-6-26-15-5-4-12(9-16(15)25-2)18(24)22-21-10-11-7-13(19)17(23)14(20)8-11/h3-5,7-10,23H,1,6H2,2H3,(H,22,24)/b21-10+. The summed E-state index contributed by atoms with van der Waals surface area (Å²) in [5, 5.41) is 13.5. The van der Waals surface area contributed by atoms with E-state index in [1.165, 1.54) is 31.5 Å². The first-order chi connectivity index (χ1) is 12.5. The minimum atomic E-state index is -0.439. The van der Waals surface area contributed by atoms with Gasteiger partial charge in [-0.3, -0.25) is 4.79 Å². The number of hydrazone groups is 1. The van der Waals surface area contributed by atoms with E-state index in [1.807, 2.05) is 0 Å². The topological polar surface area (TPSA) is 80.2 Å². The number of nitrogens with one attached hydrogen (secondary N) is 1. The largest absolute Gasteiger partial charge is 0.505 e. The Kier molecular flexibility index (Phi) is 6.89. The average molecular weight is 395 g/mol. The highest BCUT2D eigenvalue weighted by atomic mass is 35.5. The predicted molar refractivity (Wildman–Crippen MR) is 102 cm³/mol. The summed E-state index contributed by atoms with van der Waals surface area (Å²) >= 11 is 11.7. The number of aromatic hydroxyl groups is 1. The molecule has 8 heteroatoms. The number of amides is 1. The smallest absolute Gasteiger partial charge is 0.271 e. The number of carbonyl (C=O) groups excluding carboxylic acids is 1. The lowest BCUT2D eigenvalue weighted by Gasteiger charge is -2.10. The Morgan fingerprint density at radius 2 is 1.96 bits per heavy atom. The number of phenolic OH excluding ortho intramolecular Hbond substituents is 1. The van der Waals surface area contributed by atoms with Crippen LogP contribution in [0.15, 0.2) is 48.1 Å². The van der Waals surface area contributed by atoms with Crippen LogP contribution in [0.4, 0.5) is 0 Å². The van der Waals surface area contributed by atoms with E-state index in [0.717, 1.165) is 0 Å². The molecule has 26 heavy (non-hydrogen) atoms. The number of halogens is 2. The minimum absolute atomic E-state index is 0.0881. The summed E-state index contributed by atoms with van der Waals surface area (Å²) < 4.78 is 10.6. The Labute approximate surface area is 160 Å². The third-order valence-electron chi connectivity index (χ3n) is 3.20. The van der Waals surface area contributed by atoms with Crippen LogP contribution >= 0.6 is 23.2 Å². The second-order valence-corrected chi connectivity index (χ2v) is 5.81. The van der Waals surface area contributed by atoms with Crippen molar-refractivity contribution in [2.24, 2.45) is 5.10 Å². The lowest BCUT2D eigenvalue weighted by atomic mass is 10.2. The molecule has 0 fully saturated rings. The van der Waals surface area contributed by atoms with Crippen LogP contribution < -0.4 is 14.9 Å². The number of hydrogen-bond acceptors (Lipinski definition) is 5. The van der Waals surface area contributed by atoms with Crippen LogP contribution in [-0.4, -0.2) is 30.9 Å². The van der Waals surface area contributed by atoms with Crippen molar-refractivity contribution < 1.29 is 19.4 Å². The van der Waals surface area contributed by atoms with Gasteiger partial charge in [0.05, 0.1) is 23.4 Å². The summed E-state index contributed by atoms with van der Waals surface area (Å²) in [7, 11) is 1.48. The molecule has 0 aliphatic carbocycles. The second kappa shape index (κ2) is 9.12. The molecule has 0 heterocycles. The molecule has 0 radical (unpaired) electrons. The van der Waals surface area contributed by atoms with Gasteiger partial charge in [0.2, 0.25) is 0 Å². The molecule has 2 rings (SSSR count). The fourth-order valence-corrected chi connectivity index (χ4v) is 2.47. The quantitative estimate of drug-likeness (QED) is 0.421. The van der Waals surface area contributed by atoms with Crippen LogP contribution in [-0.2, 0) is 0 Å². The molecule has 2 aromatic carbocycles. The maximum atomic E-state index is 12.2. The van der Waals surface area contributed by atoms with E-state index in [4.69, 9.17) is 32.7 Å². The molecule has 0 saturated carbocycles. The Balaban J connectivity index is 2.09. The highest BCUT2D eigenvalue weighted by Gasteiger charge is 2.11. The van der Waals surface area contributed by atoms with Gasteiger partial charge in [-0.15, -0.1) is 0 Å². The van der Waals surface area contributed by atoms with Crippen molar-refractivity contribution >= 4 is 35.3 Å². The van der Waals surface area contributed by atoms with Gasteiger partial charge in [-0.1, -0.05) is 35.9 Å². The average Bonchev–Trinajstić information content (AvgIpc) is 2.64. The Morgan fingerprint density at radius 3 is 2.58 bits per heavy atom. The van der Waals surface area contributed by atoms with E-state index in [-0.39, 0.29) is 15.8 Å². The molecule has 1 amide bonds. The van der Waals surface area contributed by atoms with E-state index in [0.29, 0.717) is 29.2 Å². The zero-order valence-corrected chi connectivity index (χ0v) is 15.3. The second-order valence-electron chi connectivity index (χ2n) is 5.00. The van der Waals surface area contributed by atoms with E-state index >= 15 is 0 Å². The normalized spacial score (nSPS) is 10.6. The van der Waals surface area contributed by atoms with Crippen molar-refractivity contribution in [3.05, 3.63) is 64.2 Å². The summed E-state index contributed by atoms with van der Waals surface area (Å²) in [6.45, 7) is 3.90. The van der Waals surface area contributed by atoms with Gasteiger partial charge in [0.15, 0.2) is 17.2 Å². The summed E-state index contributed by atoms with van der Waals surface area (Å²) in [4.78, 5) is 12.2. The molecule has 2 N–H and O–H groups in total. The van der Waals surface area contributed by atoms with Crippen LogP contribution in [0.1, 0.15) is 15.9 Å². The minimum Gasteiger partial charge on any atom is -0.505 e. The molecule has 0 unspecified atom stereocenters. The first-order valence-electron chi connectivity index (χ1n) is 7.39. The molecule has 0 atom stereocenters. The molecule has 0 bridgehead atoms. The van der Waals surface area contributed by atoms with E-state index in [2.05, 4.69) is 17.1 Å². The van der Waals surface area contributed by atoms with Crippen LogP contribution in [0.2, 0.25) is 10.0 Å². The van der Waals surface area contributed by atoms with Gasteiger partial charge in [-0.2, -0.15) is 5.10 Å². The molecule has 6 nitrogen and oxygen atoms in total. The Hall–Kier alpha value is -2.70. The number of methoxy groups -OCH3 is 1. The number of carbonyl (C=O) groups is 1. The van der Waals surface area contributed by atoms with Gasteiger partial charge in [0.25, 0.3) is 5.91 Å². The monoisotopic (exact) mass is 394 g/mol. The first kappa shape index (κ1) is 19.6. The van der Waals surface area contributed by atoms with E-state index < -0.39 is 5.91 Å². The van der Waals surface area contributed by atoms with Crippen LogP contribution in [0.3, 0.4) is 0 Å². The lowest BCUT2D eigenvalue weighted by molar-refractivity contribution is 0.0954. The van der Waals surface area contributed by atoms with Crippen molar-refractivity contribution in [1.29, 1.82) is 0 Å². The van der Waals surface area contributed by atoms with Crippen LogP contribution in [0, 0.1) is 0 Å². The Morgan fingerprint density at radius 1 is 1.27 bits per heavy atom. The third-order valence-corrected chi connectivity index (χ3v) is 3.78. The number of nitrogens with zero attached hydrogens (tertiary/aromatic N) is 1. The molecule has 0 aliphatic rings. The predicted octanol–water partition coefficient (Wildman–Crippen LogP) is 4.04. The van der Waals surface area contributed by atoms with Gasteiger partial charge < -0.3 is 14.6 Å². The van der Waals surface area contributed by atoms with Crippen molar-refractivity contribution in [2.75, 3.05) is 13.7 Å². The van der Waals surface area contributed by atoms with Crippen molar-refractivity contribution in [1.82, 2.24) is 5.43 Å². The Bertz CT molecular complexity index is 830. The number of rotatable bonds is 7. The van der Waals surface area contributed by atoms with Gasteiger partial charge in [0, 0.05) is 5.56 Å². The lowest BCUT2D eigenvalue weighted by Crippen LogP contribution is -2.17. The first-order valence-corrected chi connectivity index (χ1v) is 8.15. The number of ether oxygens (including phenoxy) is 2. The molecular weight excluding hydrogens is 379 g/mol. The van der Waals surface area contributed by atoms with Gasteiger partial charge in [0.1, 0.15) is 6.61 Å². The molecule has 136 valence electrons. The maximum absolute atomic E-state index is 12.2. The van der Waals surface area contributed by atoms with Gasteiger partial charge in [-0.05, 0) is 35.9 Å². The highest BCUT2D eigenvalue weighted by Crippen LogP contribution is 2.32. The summed E-state index contributed by atoms with van der Waals surface area (Å²) in [5.41, 5.74) is 3.24. The molecule has 0 spiro atoms. The number of benzene rings is 2. The fourth-order valence-electron chi connectivity index (χ4n) is 1.97. The van der Waals surface area contributed by atoms with E-state index in [1.54, 1.807) is 18.2 Å². The fraction of sp³-hybridized carbons (Fsp3) is 0.111. The third kappa shape index (κ3) is 4.91. The zero-order chi connectivity index (χ0) is 19.1. The molecule has 0 aromatic heterocycles. The van der Waals surface area contributed by atoms with Crippen molar-refractivity contribution in [3.63, 3.8) is 0 Å². The summed E-state index contributed by atoms with van der Waals surface area (Å²) in [6, 6.07) is 7.68. The summed E-state index contributed by atoms with van der Waals surface area (Å²) in [6.07, 6.45) is 2.96. The molecule has 0 saturated heterocycles. The van der Waals surface area contributed by atoms with Crippen LogP contribution in [0.5, 0.6) is 17.2 Å². The van der Waals surface area contributed by atoms with Gasteiger partial charge >= 0.3 is 0 Å². The summed E-state index contributed by atoms with van der Waals surface area (Å²) in [5.74, 6) is 0.271. The zero-order valence-electron chi connectivity index (χ0n) is 13.8. The number of phenols is 1. The SMILES string of the molecule is C=CCOc1ccc(C(=O)N/N=C/c2cc(Cl)c(O)c(Cl)c2)cc1OC. The maximum Gasteiger partial charge on any atom is 0.271 e. The molecule has 2 aromatic rings. The molecule has 0 aliphatic heterocycles. The van der Waals surface area contributed by atoms with Crippen LogP contribution in [0.25, 0.3) is 0 Å². The molecular formula is C18H16Cl2N2O4. The highest BCUT2D eigenvalue weighted by molar-refractivity contribution is 6.37. The van der Waals surface area contributed by atoms with Crippen molar-refractivity contribution in [2.45, 2.75) is 0 Å². The van der Waals surface area contributed by atoms with E-state index in [9.17, 15) is 9.90 Å².